The minimum absolute atomic E-state index is 0.0404. The third-order valence-corrected chi connectivity index (χ3v) is 4.66. The third-order valence-electron chi connectivity index (χ3n) is 2.91. The molecule has 0 radical (unpaired) electrons. The van der Waals surface area contributed by atoms with Gasteiger partial charge in [-0.15, -0.1) is 0 Å². The Kier molecular flexibility index (Phi) is 4.80. The van der Waals surface area contributed by atoms with Crippen molar-refractivity contribution in [3.05, 3.63) is 52.7 Å². The number of benzene rings is 1. The van der Waals surface area contributed by atoms with Crippen molar-refractivity contribution in [3.8, 4) is 0 Å². The Bertz CT molecular complexity index is 805. The maximum Gasteiger partial charge on any atom is 0.258 e. The van der Waals surface area contributed by atoms with E-state index in [2.05, 4.69) is 15.0 Å². The second-order valence-corrected chi connectivity index (χ2v) is 6.82. The predicted octanol–water partition coefficient (Wildman–Crippen LogP) is 2.20. The first-order valence-corrected chi connectivity index (χ1v) is 8.17. The maximum atomic E-state index is 12.2. The second-order valence-electron chi connectivity index (χ2n) is 4.52. The number of halogens is 1. The Hall–Kier alpha value is -1.96. The average molecular weight is 340 g/mol. The van der Waals surface area contributed by atoms with E-state index in [1.165, 1.54) is 25.2 Å². The predicted molar refractivity (Wildman–Crippen MR) is 84.6 cm³/mol. The lowest BCUT2D eigenvalue weighted by molar-refractivity contribution is 0.102. The number of carbonyl (C=O) groups excluding carboxylic acids is 1. The molecule has 0 saturated carbocycles. The largest absolute Gasteiger partial charge is 0.307 e. The van der Waals surface area contributed by atoms with E-state index in [1.807, 2.05) is 6.92 Å². The molecular weight excluding hydrogens is 326 g/mol. The number of amides is 1. The van der Waals surface area contributed by atoms with E-state index in [0.29, 0.717) is 5.82 Å². The lowest BCUT2D eigenvalue weighted by atomic mass is 10.2. The minimum Gasteiger partial charge on any atom is -0.307 e. The van der Waals surface area contributed by atoms with Gasteiger partial charge in [0.2, 0.25) is 10.0 Å². The van der Waals surface area contributed by atoms with Crippen molar-refractivity contribution in [1.29, 1.82) is 0 Å². The third kappa shape index (κ3) is 3.62. The molecule has 2 rings (SSSR count). The first-order chi connectivity index (χ1) is 10.3. The molecule has 1 aromatic carbocycles. The van der Waals surface area contributed by atoms with Crippen LogP contribution in [0, 0.1) is 6.92 Å². The lowest BCUT2D eigenvalue weighted by Gasteiger charge is -2.09. The molecule has 1 heterocycles. The van der Waals surface area contributed by atoms with E-state index in [4.69, 9.17) is 11.6 Å². The monoisotopic (exact) mass is 339 g/mol. The normalized spacial score (nSPS) is 11.2. The van der Waals surface area contributed by atoms with Crippen LogP contribution < -0.4 is 10.0 Å². The molecule has 0 unspecified atom stereocenters. The summed E-state index contributed by atoms with van der Waals surface area (Å²) in [6.45, 7) is 1.88. The van der Waals surface area contributed by atoms with Crippen LogP contribution in [0.2, 0.25) is 5.02 Å². The van der Waals surface area contributed by atoms with Crippen molar-refractivity contribution in [2.45, 2.75) is 11.8 Å². The van der Waals surface area contributed by atoms with Crippen LogP contribution in [0.5, 0.6) is 0 Å². The van der Waals surface area contributed by atoms with Crippen molar-refractivity contribution >= 4 is 33.3 Å². The minimum atomic E-state index is -3.65. The average Bonchev–Trinajstić information content (AvgIpc) is 2.49. The van der Waals surface area contributed by atoms with Gasteiger partial charge in [-0.05, 0) is 43.8 Å². The summed E-state index contributed by atoms with van der Waals surface area (Å²) in [6, 6.07) is 7.36. The molecule has 116 valence electrons. The van der Waals surface area contributed by atoms with Gasteiger partial charge < -0.3 is 5.32 Å². The van der Waals surface area contributed by atoms with Gasteiger partial charge in [-0.25, -0.2) is 18.1 Å². The summed E-state index contributed by atoms with van der Waals surface area (Å²) in [5, 5.41) is 2.73. The maximum absolute atomic E-state index is 12.2. The van der Waals surface area contributed by atoms with Crippen molar-refractivity contribution < 1.29 is 13.2 Å². The summed E-state index contributed by atoms with van der Waals surface area (Å²) in [7, 11) is -2.36. The molecule has 22 heavy (non-hydrogen) atoms. The van der Waals surface area contributed by atoms with E-state index >= 15 is 0 Å². The molecule has 0 atom stereocenters. The topological polar surface area (TPSA) is 88.2 Å². The van der Waals surface area contributed by atoms with Gasteiger partial charge in [0, 0.05) is 6.20 Å². The van der Waals surface area contributed by atoms with Gasteiger partial charge in [0.05, 0.1) is 15.5 Å². The van der Waals surface area contributed by atoms with Crippen molar-refractivity contribution in [1.82, 2.24) is 9.71 Å². The number of rotatable bonds is 4. The fraction of sp³-hybridized carbons (Fsp3) is 0.143. The van der Waals surface area contributed by atoms with E-state index in [-0.39, 0.29) is 15.5 Å². The van der Waals surface area contributed by atoms with E-state index in [0.717, 1.165) is 5.56 Å². The Morgan fingerprint density at radius 3 is 2.55 bits per heavy atom. The van der Waals surface area contributed by atoms with Crippen LogP contribution in [0.15, 0.2) is 41.4 Å². The molecule has 0 aliphatic heterocycles. The zero-order chi connectivity index (χ0) is 16.3. The van der Waals surface area contributed by atoms with Gasteiger partial charge in [0.15, 0.2) is 0 Å². The highest BCUT2D eigenvalue weighted by Crippen LogP contribution is 2.21. The van der Waals surface area contributed by atoms with Gasteiger partial charge in [-0.1, -0.05) is 17.7 Å². The van der Waals surface area contributed by atoms with Crippen LogP contribution in [0.3, 0.4) is 0 Å². The van der Waals surface area contributed by atoms with Gasteiger partial charge in [-0.2, -0.15) is 0 Å². The van der Waals surface area contributed by atoms with Gasteiger partial charge in [0.25, 0.3) is 5.91 Å². The first kappa shape index (κ1) is 16.4. The molecule has 0 aliphatic carbocycles. The molecule has 0 bridgehead atoms. The van der Waals surface area contributed by atoms with Crippen molar-refractivity contribution in [2.75, 3.05) is 12.4 Å². The fourth-order valence-electron chi connectivity index (χ4n) is 1.69. The molecular formula is C14H14ClN3O3S. The molecule has 2 aromatic rings. The van der Waals surface area contributed by atoms with Gasteiger partial charge >= 0.3 is 0 Å². The smallest absolute Gasteiger partial charge is 0.258 e. The molecule has 8 heteroatoms. The molecule has 1 amide bonds. The van der Waals surface area contributed by atoms with Crippen LogP contribution >= 0.6 is 11.6 Å². The van der Waals surface area contributed by atoms with E-state index < -0.39 is 15.9 Å². The summed E-state index contributed by atoms with van der Waals surface area (Å²) < 4.78 is 25.8. The highest BCUT2D eigenvalue weighted by atomic mass is 35.5. The molecule has 0 spiro atoms. The number of aryl methyl sites for hydroxylation is 1. The summed E-state index contributed by atoms with van der Waals surface area (Å²) in [4.78, 5) is 16.3. The zero-order valence-corrected chi connectivity index (χ0v) is 13.5. The number of carbonyl (C=O) groups is 1. The Morgan fingerprint density at radius 2 is 1.95 bits per heavy atom. The number of nitrogens with zero attached hydrogens (tertiary/aromatic N) is 1. The highest BCUT2D eigenvalue weighted by Gasteiger charge is 2.17. The zero-order valence-electron chi connectivity index (χ0n) is 11.9. The highest BCUT2D eigenvalue weighted by molar-refractivity contribution is 7.89. The quantitative estimate of drug-likeness (QED) is 0.893. The molecule has 2 N–H and O–H groups in total. The Balaban J connectivity index is 2.33. The summed E-state index contributed by atoms with van der Waals surface area (Å²) in [5.41, 5.74) is 1.01. The molecule has 0 saturated heterocycles. The second kappa shape index (κ2) is 6.43. The van der Waals surface area contributed by atoms with E-state index in [9.17, 15) is 13.2 Å². The number of hydrogen-bond donors (Lipinski definition) is 2. The summed E-state index contributed by atoms with van der Waals surface area (Å²) in [6.07, 6.45) is 1.61. The fourth-order valence-corrected chi connectivity index (χ4v) is 2.65. The number of aromatic nitrogens is 1. The molecule has 1 aromatic heterocycles. The molecule has 0 fully saturated rings. The first-order valence-electron chi connectivity index (χ1n) is 6.30. The summed E-state index contributed by atoms with van der Waals surface area (Å²) >= 11 is 5.98. The Labute approximate surface area is 133 Å². The van der Waals surface area contributed by atoms with Crippen LogP contribution in [-0.2, 0) is 10.0 Å². The lowest BCUT2D eigenvalue weighted by Crippen LogP contribution is -2.20. The van der Waals surface area contributed by atoms with Crippen molar-refractivity contribution in [2.24, 2.45) is 0 Å². The van der Waals surface area contributed by atoms with Crippen LogP contribution in [-0.4, -0.2) is 26.4 Å². The summed E-state index contributed by atoms with van der Waals surface area (Å²) in [5.74, 6) is -0.178. The van der Waals surface area contributed by atoms with Gasteiger partial charge in [0.1, 0.15) is 5.82 Å². The number of anilines is 1. The number of sulfonamides is 1. The van der Waals surface area contributed by atoms with Crippen LogP contribution in [0.4, 0.5) is 5.82 Å². The van der Waals surface area contributed by atoms with E-state index in [1.54, 1.807) is 18.3 Å². The number of pyridine rings is 1. The molecule has 0 aliphatic rings. The van der Waals surface area contributed by atoms with Crippen LogP contribution in [0.1, 0.15) is 15.9 Å². The SMILES string of the molecule is CNS(=O)(=O)c1ccc(Cl)c(C(=O)Nc2ccc(C)cn2)c1. The number of hydrogen-bond acceptors (Lipinski definition) is 4. The Morgan fingerprint density at radius 1 is 1.23 bits per heavy atom. The molecule has 6 nitrogen and oxygen atoms in total. The number of nitrogens with one attached hydrogen (secondary N) is 2. The standard InChI is InChI=1S/C14H14ClN3O3S/c1-9-3-6-13(17-8-9)18-14(19)11-7-10(4-5-12(11)15)22(20,21)16-2/h3-8,16H,1-2H3,(H,17,18,19). The van der Waals surface area contributed by atoms with Gasteiger partial charge in [-0.3, -0.25) is 4.79 Å². The van der Waals surface area contributed by atoms with Crippen LogP contribution in [0.25, 0.3) is 0 Å². The van der Waals surface area contributed by atoms with Crippen molar-refractivity contribution in [3.63, 3.8) is 0 Å².